The Kier molecular flexibility index (Phi) is 4.24. The van der Waals surface area contributed by atoms with E-state index in [9.17, 15) is 13.2 Å². The fourth-order valence-electron chi connectivity index (χ4n) is 2.76. The van der Waals surface area contributed by atoms with Gasteiger partial charge in [0.05, 0.1) is 6.42 Å². The van der Waals surface area contributed by atoms with E-state index in [1.54, 1.807) is 0 Å². The second-order valence-electron chi connectivity index (χ2n) is 4.97. The van der Waals surface area contributed by atoms with Gasteiger partial charge in [-0.25, -0.2) is 0 Å². The lowest BCUT2D eigenvalue weighted by Crippen LogP contribution is -2.48. The number of hydrogen-bond acceptors (Lipinski definition) is 3. The summed E-state index contributed by atoms with van der Waals surface area (Å²) in [4.78, 5) is 10.8. The van der Waals surface area contributed by atoms with Crippen molar-refractivity contribution in [2.75, 3.05) is 19.6 Å². The number of carboxylic acids is 1. The maximum atomic E-state index is 12.4. The molecule has 0 radical (unpaired) electrons. The Bertz CT molecular complexity index is 403. The molecule has 2 heterocycles. The van der Waals surface area contributed by atoms with Crippen molar-refractivity contribution in [2.24, 2.45) is 0 Å². The topological polar surface area (TPSA) is 77.9 Å². The van der Waals surface area contributed by atoms with Gasteiger partial charge in [0.15, 0.2) is 0 Å². The molecule has 0 aliphatic carbocycles. The molecule has 6 nitrogen and oxygen atoms in total. The van der Waals surface area contributed by atoms with Gasteiger partial charge in [-0.3, -0.25) is 4.79 Å². The summed E-state index contributed by atoms with van der Waals surface area (Å²) in [5.41, 5.74) is 0. The molecule has 0 amide bonds. The van der Waals surface area contributed by atoms with E-state index < -0.39 is 16.2 Å². The number of aliphatic carboxylic acids is 1. The molecule has 0 bridgehead atoms. The molecule has 0 saturated carbocycles. The lowest BCUT2D eigenvalue weighted by molar-refractivity contribution is -0.137. The highest BCUT2D eigenvalue weighted by atomic mass is 32.2. The van der Waals surface area contributed by atoms with Crippen molar-refractivity contribution in [2.45, 2.75) is 44.6 Å². The van der Waals surface area contributed by atoms with E-state index in [1.807, 2.05) is 0 Å². The highest BCUT2D eigenvalue weighted by Gasteiger charge is 2.39. The fraction of sp³-hybridized carbons (Fsp3) is 0.909. The third-order valence-electron chi connectivity index (χ3n) is 3.67. The molecule has 2 saturated heterocycles. The van der Waals surface area contributed by atoms with Crippen molar-refractivity contribution in [3.8, 4) is 0 Å². The lowest BCUT2D eigenvalue weighted by atomic mass is 10.2. The van der Waals surface area contributed by atoms with Gasteiger partial charge in [0.2, 0.25) is 0 Å². The number of rotatable bonds is 4. The van der Waals surface area contributed by atoms with Crippen LogP contribution in [0.1, 0.15) is 38.5 Å². The van der Waals surface area contributed by atoms with Gasteiger partial charge in [0, 0.05) is 25.7 Å². The van der Waals surface area contributed by atoms with Crippen LogP contribution in [-0.4, -0.2) is 53.8 Å². The third-order valence-corrected chi connectivity index (χ3v) is 5.76. The number of hydrogen-bond donors (Lipinski definition) is 1. The van der Waals surface area contributed by atoms with Crippen LogP contribution in [0.15, 0.2) is 0 Å². The molecular weight excluding hydrogens is 256 g/mol. The molecule has 1 atom stereocenters. The Morgan fingerprint density at radius 3 is 2.39 bits per heavy atom. The summed E-state index contributed by atoms with van der Waals surface area (Å²) in [7, 11) is -3.45. The fourth-order valence-corrected chi connectivity index (χ4v) is 4.70. The van der Waals surface area contributed by atoms with Crippen LogP contribution in [0.4, 0.5) is 0 Å². The van der Waals surface area contributed by atoms with E-state index in [0.29, 0.717) is 26.1 Å². The number of carboxylic acid groups (broad SMARTS) is 1. The second kappa shape index (κ2) is 5.54. The van der Waals surface area contributed by atoms with E-state index in [-0.39, 0.29) is 12.5 Å². The molecule has 18 heavy (non-hydrogen) atoms. The summed E-state index contributed by atoms with van der Waals surface area (Å²) in [5, 5.41) is 8.83. The van der Waals surface area contributed by atoms with Gasteiger partial charge in [-0.15, -0.1) is 0 Å². The summed E-state index contributed by atoms with van der Waals surface area (Å²) in [6.07, 6.45) is 4.19. The molecule has 0 aromatic heterocycles. The third kappa shape index (κ3) is 2.84. The average molecular weight is 276 g/mol. The van der Waals surface area contributed by atoms with E-state index in [0.717, 1.165) is 25.7 Å². The first-order valence-corrected chi connectivity index (χ1v) is 7.90. The zero-order valence-electron chi connectivity index (χ0n) is 10.4. The van der Waals surface area contributed by atoms with E-state index >= 15 is 0 Å². The highest BCUT2D eigenvalue weighted by molar-refractivity contribution is 7.86. The van der Waals surface area contributed by atoms with Gasteiger partial charge < -0.3 is 5.11 Å². The Morgan fingerprint density at radius 2 is 1.78 bits per heavy atom. The van der Waals surface area contributed by atoms with Crippen molar-refractivity contribution in [1.29, 1.82) is 0 Å². The number of carbonyl (C=O) groups is 1. The molecule has 1 N–H and O–H groups in total. The Morgan fingerprint density at radius 1 is 1.11 bits per heavy atom. The molecule has 1 unspecified atom stereocenters. The normalized spacial score (nSPS) is 27.4. The van der Waals surface area contributed by atoms with Crippen LogP contribution in [0.25, 0.3) is 0 Å². The van der Waals surface area contributed by atoms with E-state index in [4.69, 9.17) is 5.11 Å². The van der Waals surface area contributed by atoms with Crippen LogP contribution in [-0.2, 0) is 15.0 Å². The standard InChI is InChI=1S/C11H20N2O4S/c14-11(15)9-10-5-4-8-13(10)18(16,17)12-6-2-1-3-7-12/h10H,1-9H2,(H,14,15). The Hall–Kier alpha value is -0.660. The van der Waals surface area contributed by atoms with Crippen molar-refractivity contribution < 1.29 is 18.3 Å². The van der Waals surface area contributed by atoms with Gasteiger partial charge in [-0.1, -0.05) is 6.42 Å². The monoisotopic (exact) mass is 276 g/mol. The van der Waals surface area contributed by atoms with Crippen molar-refractivity contribution in [3.63, 3.8) is 0 Å². The number of nitrogens with zero attached hydrogens (tertiary/aromatic N) is 2. The summed E-state index contributed by atoms with van der Waals surface area (Å²) >= 11 is 0. The van der Waals surface area contributed by atoms with Crippen LogP contribution in [0.3, 0.4) is 0 Å². The lowest BCUT2D eigenvalue weighted by Gasteiger charge is -2.32. The predicted molar refractivity (Wildman–Crippen MR) is 66.3 cm³/mol. The zero-order chi connectivity index (χ0) is 13.2. The van der Waals surface area contributed by atoms with Gasteiger partial charge >= 0.3 is 5.97 Å². The molecule has 2 aliphatic heterocycles. The largest absolute Gasteiger partial charge is 0.481 e. The summed E-state index contributed by atoms with van der Waals surface area (Å²) in [6.45, 7) is 1.59. The molecule has 0 aromatic carbocycles. The molecule has 7 heteroatoms. The van der Waals surface area contributed by atoms with Crippen LogP contribution < -0.4 is 0 Å². The van der Waals surface area contributed by atoms with Crippen molar-refractivity contribution >= 4 is 16.2 Å². The smallest absolute Gasteiger partial charge is 0.304 e. The minimum absolute atomic E-state index is 0.0902. The maximum absolute atomic E-state index is 12.4. The van der Waals surface area contributed by atoms with Crippen LogP contribution >= 0.6 is 0 Å². The van der Waals surface area contributed by atoms with Crippen LogP contribution in [0.2, 0.25) is 0 Å². The summed E-state index contributed by atoms with van der Waals surface area (Å²) in [6, 6.07) is -0.366. The Labute approximate surface area is 108 Å². The van der Waals surface area contributed by atoms with E-state index in [1.165, 1.54) is 8.61 Å². The zero-order valence-corrected chi connectivity index (χ0v) is 11.2. The molecule has 0 aromatic rings. The molecule has 0 spiro atoms. The molecule has 2 rings (SSSR count). The molecule has 2 fully saturated rings. The summed E-state index contributed by atoms with van der Waals surface area (Å²) in [5.74, 6) is -0.930. The molecular formula is C11H20N2O4S. The average Bonchev–Trinajstić information content (AvgIpc) is 2.78. The highest BCUT2D eigenvalue weighted by Crippen LogP contribution is 2.27. The second-order valence-corrected chi connectivity index (χ2v) is 6.85. The minimum Gasteiger partial charge on any atom is -0.481 e. The minimum atomic E-state index is -3.45. The number of piperidine rings is 1. The van der Waals surface area contributed by atoms with Gasteiger partial charge in [0.1, 0.15) is 0 Å². The summed E-state index contributed by atoms with van der Waals surface area (Å²) < 4.78 is 27.8. The van der Waals surface area contributed by atoms with E-state index in [2.05, 4.69) is 0 Å². The van der Waals surface area contributed by atoms with Crippen molar-refractivity contribution in [1.82, 2.24) is 8.61 Å². The maximum Gasteiger partial charge on any atom is 0.304 e. The molecule has 2 aliphatic rings. The quantitative estimate of drug-likeness (QED) is 0.818. The first-order valence-electron chi connectivity index (χ1n) is 6.50. The molecule has 104 valence electrons. The Balaban J connectivity index is 2.10. The van der Waals surface area contributed by atoms with Gasteiger partial charge in [0.25, 0.3) is 10.2 Å². The SMILES string of the molecule is O=C(O)CC1CCCN1S(=O)(=O)N1CCCCC1. The van der Waals surface area contributed by atoms with Crippen molar-refractivity contribution in [3.05, 3.63) is 0 Å². The van der Waals surface area contributed by atoms with Gasteiger partial charge in [-0.2, -0.15) is 17.0 Å². The van der Waals surface area contributed by atoms with Crippen LogP contribution in [0.5, 0.6) is 0 Å². The first-order chi connectivity index (χ1) is 8.51. The van der Waals surface area contributed by atoms with Crippen LogP contribution in [0, 0.1) is 0 Å². The van der Waals surface area contributed by atoms with Gasteiger partial charge in [-0.05, 0) is 25.7 Å². The first kappa shape index (κ1) is 13.8. The predicted octanol–water partition coefficient (Wildman–Crippen LogP) is 0.656.